The second-order valence-corrected chi connectivity index (χ2v) is 6.35. The van der Waals surface area contributed by atoms with Crippen LogP contribution < -0.4 is 0 Å². The van der Waals surface area contributed by atoms with Gasteiger partial charge in [0.25, 0.3) is 0 Å². The summed E-state index contributed by atoms with van der Waals surface area (Å²) in [6.07, 6.45) is 2.13. The Morgan fingerprint density at radius 2 is 1.74 bits per heavy atom. The van der Waals surface area contributed by atoms with Gasteiger partial charge in [0.15, 0.2) is 0 Å². The largest absolute Gasteiger partial charge is 0.466 e. The molecular formula is C14H23NO4. The van der Waals surface area contributed by atoms with Crippen LogP contribution in [0.2, 0.25) is 0 Å². The van der Waals surface area contributed by atoms with E-state index in [1.807, 2.05) is 27.7 Å². The standard InChI is InChI=1S/C14H23NO4/c1-5-18-12(16)9-6-10-8-11(7-9)15(10)13(17)19-14(2,3)4/h9-11H,5-8H2,1-4H3. The lowest BCUT2D eigenvalue weighted by atomic mass is 9.74. The van der Waals surface area contributed by atoms with Gasteiger partial charge in [-0.05, 0) is 47.0 Å². The van der Waals surface area contributed by atoms with Gasteiger partial charge in [-0.1, -0.05) is 0 Å². The zero-order chi connectivity index (χ0) is 14.2. The van der Waals surface area contributed by atoms with E-state index in [0.29, 0.717) is 19.4 Å². The highest BCUT2D eigenvalue weighted by Crippen LogP contribution is 2.42. The van der Waals surface area contributed by atoms with Crippen LogP contribution in [0, 0.1) is 5.92 Å². The maximum Gasteiger partial charge on any atom is 0.410 e. The minimum atomic E-state index is -0.471. The molecule has 1 amide bonds. The minimum Gasteiger partial charge on any atom is -0.466 e. The number of hydrogen-bond acceptors (Lipinski definition) is 4. The van der Waals surface area contributed by atoms with Gasteiger partial charge in [-0.15, -0.1) is 0 Å². The van der Waals surface area contributed by atoms with Gasteiger partial charge in [0.1, 0.15) is 5.60 Å². The second-order valence-electron chi connectivity index (χ2n) is 6.35. The number of carbonyl (C=O) groups is 2. The van der Waals surface area contributed by atoms with Gasteiger partial charge in [0, 0.05) is 12.1 Å². The Labute approximate surface area is 114 Å². The fourth-order valence-electron chi connectivity index (χ4n) is 2.94. The Kier molecular flexibility index (Phi) is 3.74. The fraction of sp³-hybridized carbons (Fsp3) is 0.857. The molecule has 0 radical (unpaired) electrons. The smallest absolute Gasteiger partial charge is 0.410 e. The first-order valence-corrected chi connectivity index (χ1v) is 6.99. The third-order valence-electron chi connectivity index (χ3n) is 3.67. The van der Waals surface area contributed by atoms with Gasteiger partial charge in [-0.3, -0.25) is 4.79 Å². The van der Waals surface area contributed by atoms with E-state index < -0.39 is 5.60 Å². The van der Waals surface area contributed by atoms with Crippen molar-refractivity contribution in [2.45, 2.75) is 64.6 Å². The summed E-state index contributed by atoms with van der Waals surface area (Å²) in [6, 6.07) is 0.283. The van der Waals surface area contributed by atoms with Crippen LogP contribution in [0.3, 0.4) is 0 Å². The Hall–Kier alpha value is -1.26. The highest BCUT2D eigenvalue weighted by molar-refractivity contribution is 5.75. The normalized spacial score (nSPS) is 29.5. The van der Waals surface area contributed by atoms with Gasteiger partial charge < -0.3 is 14.4 Å². The summed E-state index contributed by atoms with van der Waals surface area (Å²) < 4.78 is 10.4. The molecule has 0 N–H and O–H groups in total. The van der Waals surface area contributed by atoms with Gasteiger partial charge in [-0.25, -0.2) is 4.79 Å². The number of fused-ring (bicyclic) bond motifs is 2. The summed E-state index contributed by atoms with van der Waals surface area (Å²) >= 11 is 0. The Morgan fingerprint density at radius 3 is 2.21 bits per heavy atom. The van der Waals surface area contributed by atoms with E-state index in [9.17, 15) is 9.59 Å². The molecule has 3 aliphatic rings. The molecule has 2 heterocycles. The first-order chi connectivity index (χ1) is 8.81. The zero-order valence-corrected chi connectivity index (χ0v) is 12.1. The summed E-state index contributed by atoms with van der Waals surface area (Å²) in [7, 11) is 0. The van der Waals surface area contributed by atoms with E-state index >= 15 is 0 Å². The SMILES string of the molecule is CCOC(=O)C1CC2CC(C1)N2C(=O)OC(C)(C)C. The van der Waals surface area contributed by atoms with Crippen molar-refractivity contribution in [2.75, 3.05) is 6.61 Å². The zero-order valence-electron chi connectivity index (χ0n) is 12.1. The van der Waals surface area contributed by atoms with Crippen molar-refractivity contribution in [3.8, 4) is 0 Å². The van der Waals surface area contributed by atoms with Crippen molar-refractivity contribution in [2.24, 2.45) is 5.92 Å². The summed E-state index contributed by atoms with van der Waals surface area (Å²) in [5.74, 6) is -0.177. The van der Waals surface area contributed by atoms with Crippen LogP contribution in [0.4, 0.5) is 4.79 Å². The summed E-state index contributed by atoms with van der Waals surface area (Å²) in [5, 5.41) is 0. The number of nitrogens with zero attached hydrogens (tertiary/aromatic N) is 1. The lowest BCUT2D eigenvalue weighted by Gasteiger charge is -2.54. The molecule has 2 atom stereocenters. The lowest BCUT2D eigenvalue weighted by molar-refractivity contribution is -0.155. The Morgan fingerprint density at radius 1 is 1.16 bits per heavy atom. The molecule has 0 aromatic carbocycles. The van der Waals surface area contributed by atoms with Crippen LogP contribution >= 0.6 is 0 Å². The quantitative estimate of drug-likeness (QED) is 0.722. The van der Waals surface area contributed by atoms with E-state index in [-0.39, 0.29) is 30.1 Å². The van der Waals surface area contributed by atoms with Gasteiger partial charge >= 0.3 is 12.1 Å². The molecule has 2 aliphatic heterocycles. The van der Waals surface area contributed by atoms with Crippen molar-refractivity contribution >= 4 is 12.1 Å². The van der Waals surface area contributed by atoms with E-state index in [2.05, 4.69) is 0 Å². The molecule has 1 saturated carbocycles. The molecular weight excluding hydrogens is 246 g/mol. The average Bonchev–Trinajstić information content (AvgIpc) is 2.26. The molecule has 2 saturated heterocycles. The summed E-state index contributed by atoms with van der Waals surface area (Å²) in [6.45, 7) is 7.82. The van der Waals surface area contributed by atoms with Crippen LogP contribution in [-0.4, -0.2) is 41.3 Å². The molecule has 3 rings (SSSR count). The molecule has 2 unspecified atom stereocenters. The van der Waals surface area contributed by atoms with Crippen LogP contribution in [0.1, 0.15) is 47.0 Å². The number of piperidine rings is 1. The highest BCUT2D eigenvalue weighted by Gasteiger charge is 2.51. The van der Waals surface area contributed by atoms with Crippen LogP contribution in [0.15, 0.2) is 0 Å². The first-order valence-electron chi connectivity index (χ1n) is 6.99. The van der Waals surface area contributed by atoms with Crippen LogP contribution in [-0.2, 0) is 14.3 Å². The average molecular weight is 269 g/mol. The van der Waals surface area contributed by atoms with Gasteiger partial charge in [0.05, 0.1) is 12.5 Å². The number of carbonyl (C=O) groups excluding carboxylic acids is 2. The third-order valence-corrected chi connectivity index (χ3v) is 3.67. The summed E-state index contributed by atoms with van der Waals surface area (Å²) in [4.78, 5) is 25.5. The maximum atomic E-state index is 12.0. The van der Waals surface area contributed by atoms with E-state index in [1.54, 1.807) is 4.90 Å². The maximum absolute atomic E-state index is 12.0. The monoisotopic (exact) mass is 269 g/mol. The molecule has 3 fully saturated rings. The Bertz CT molecular complexity index is 362. The van der Waals surface area contributed by atoms with Crippen molar-refractivity contribution in [3.63, 3.8) is 0 Å². The lowest BCUT2D eigenvalue weighted by Crippen LogP contribution is -2.64. The first kappa shape index (κ1) is 14.2. The number of esters is 1. The molecule has 2 bridgehead atoms. The molecule has 0 aromatic heterocycles. The number of ether oxygens (including phenoxy) is 2. The minimum absolute atomic E-state index is 0.0533. The Balaban J connectivity index is 1.90. The molecule has 5 nitrogen and oxygen atoms in total. The van der Waals surface area contributed by atoms with Crippen molar-refractivity contribution < 1.29 is 19.1 Å². The topological polar surface area (TPSA) is 55.8 Å². The van der Waals surface area contributed by atoms with Crippen LogP contribution in [0.5, 0.6) is 0 Å². The predicted molar refractivity (Wildman–Crippen MR) is 69.6 cm³/mol. The van der Waals surface area contributed by atoms with Crippen LogP contribution in [0.25, 0.3) is 0 Å². The molecule has 5 heteroatoms. The fourth-order valence-corrected chi connectivity index (χ4v) is 2.94. The van der Waals surface area contributed by atoms with Crippen molar-refractivity contribution in [1.82, 2.24) is 4.90 Å². The summed E-state index contributed by atoms with van der Waals surface area (Å²) in [5.41, 5.74) is -0.471. The van der Waals surface area contributed by atoms with Crippen molar-refractivity contribution in [3.05, 3.63) is 0 Å². The van der Waals surface area contributed by atoms with Crippen molar-refractivity contribution in [1.29, 1.82) is 0 Å². The van der Waals surface area contributed by atoms with E-state index in [4.69, 9.17) is 9.47 Å². The third kappa shape index (κ3) is 3.01. The predicted octanol–water partition coefficient (Wildman–Crippen LogP) is 2.34. The number of rotatable bonds is 2. The van der Waals surface area contributed by atoms with Gasteiger partial charge in [-0.2, -0.15) is 0 Å². The molecule has 0 aromatic rings. The molecule has 19 heavy (non-hydrogen) atoms. The van der Waals surface area contributed by atoms with E-state index in [1.165, 1.54) is 0 Å². The number of amides is 1. The molecule has 1 aliphatic carbocycles. The van der Waals surface area contributed by atoms with Gasteiger partial charge in [0.2, 0.25) is 0 Å². The molecule has 108 valence electrons. The highest BCUT2D eigenvalue weighted by atomic mass is 16.6. The molecule has 0 spiro atoms. The number of hydrogen-bond donors (Lipinski definition) is 0. The van der Waals surface area contributed by atoms with E-state index in [0.717, 1.165) is 6.42 Å². The second kappa shape index (κ2) is 5.02.